The number of rotatable bonds is 4. The molecular weight excluding hydrogens is 472 g/mol. The Balaban J connectivity index is 1.35. The summed E-state index contributed by atoms with van der Waals surface area (Å²) in [5.41, 5.74) is 2.20. The highest BCUT2D eigenvalue weighted by atomic mass is 32.2. The van der Waals surface area contributed by atoms with Crippen molar-refractivity contribution in [2.45, 2.75) is 17.9 Å². The Morgan fingerprint density at radius 3 is 2.69 bits per heavy atom. The van der Waals surface area contributed by atoms with E-state index in [1.165, 1.54) is 18.2 Å². The molecule has 3 N–H and O–H groups in total. The van der Waals surface area contributed by atoms with Gasteiger partial charge in [-0.25, -0.2) is 8.42 Å². The SMILES string of the molecule is O=c1c(O)c(-c2ccc3c(c2)OCO3)oc2ccc(NS(=O)(=O)c3ccc4c(c3)CNCC4)cc12. The molecule has 3 aromatic carbocycles. The molecule has 178 valence electrons. The van der Waals surface area contributed by atoms with Gasteiger partial charge in [0.2, 0.25) is 18.0 Å². The maximum atomic E-state index is 13.0. The predicted molar refractivity (Wildman–Crippen MR) is 128 cm³/mol. The topological polar surface area (TPSA) is 127 Å². The first-order valence-electron chi connectivity index (χ1n) is 10.9. The molecule has 6 rings (SSSR count). The molecular formula is C25H20N2O7S. The Kier molecular flexibility index (Phi) is 4.94. The van der Waals surface area contributed by atoms with Crippen molar-refractivity contribution >= 4 is 26.7 Å². The lowest BCUT2D eigenvalue weighted by Gasteiger charge is -2.18. The molecule has 4 aromatic rings. The molecule has 3 heterocycles. The van der Waals surface area contributed by atoms with E-state index in [9.17, 15) is 18.3 Å². The average molecular weight is 493 g/mol. The molecule has 35 heavy (non-hydrogen) atoms. The smallest absolute Gasteiger partial charge is 0.261 e. The molecule has 0 amide bonds. The Bertz CT molecular complexity index is 1660. The number of anilines is 1. The second-order valence-corrected chi connectivity index (χ2v) is 10.0. The third kappa shape index (κ3) is 3.76. The van der Waals surface area contributed by atoms with Gasteiger partial charge in [0.15, 0.2) is 17.3 Å². The lowest BCUT2D eigenvalue weighted by molar-refractivity contribution is 0.174. The summed E-state index contributed by atoms with van der Waals surface area (Å²) in [6.45, 7) is 1.56. The molecule has 2 aliphatic rings. The molecule has 0 aliphatic carbocycles. The van der Waals surface area contributed by atoms with Crippen molar-refractivity contribution < 1.29 is 27.4 Å². The van der Waals surface area contributed by atoms with Crippen molar-refractivity contribution in [2.24, 2.45) is 0 Å². The molecule has 2 aliphatic heterocycles. The summed E-state index contributed by atoms with van der Waals surface area (Å²) in [4.78, 5) is 13.1. The van der Waals surface area contributed by atoms with Crippen molar-refractivity contribution in [3.63, 3.8) is 0 Å². The van der Waals surface area contributed by atoms with E-state index in [0.29, 0.717) is 23.6 Å². The summed E-state index contributed by atoms with van der Waals surface area (Å²) < 4.78 is 45.0. The van der Waals surface area contributed by atoms with Crippen LogP contribution in [0.2, 0.25) is 0 Å². The summed E-state index contributed by atoms with van der Waals surface area (Å²) in [6, 6.07) is 14.3. The molecule has 0 radical (unpaired) electrons. The Labute approximate surface area is 200 Å². The van der Waals surface area contributed by atoms with E-state index in [4.69, 9.17) is 13.9 Å². The van der Waals surface area contributed by atoms with Gasteiger partial charge in [-0.2, -0.15) is 0 Å². The summed E-state index contributed by atoms with van der Waals surface area (Å²) in [6.07, 6.45) is 0.848. The van der Waals surface area contributed by atoms with Gasteiger partial charge >= 0.3 is 0 Å². The van der Waals surface area contributed by atoms with E-state index in [2.05, 4.69) is 10.0 Å². The zero-order valence-electron chi connectivity index (χ0n) is 18.3. The predicted octanol–water partition coefficient (Wildman–Crippen LogP) is 3.34. The maximum absolute atomic E-state index is 13.0. The van der Waals surface area contributed by atoms with Crippen LogP contribution in [0.1, 0.15) is 11.1 Å². The maximum Gasteiger partial charge on any atom is 0.261 e. The Morgan fingerprint density at radius 2 is 1.80 bits per heavy atom. The number of fused-ring (bicyclic) bond motifs is 3. The van der Waals surface area contributed by atoms with Crippen LogP contribution in [-0.2, 0) is 23.0 Å². The van der Waals surface area contributed by atoms with E-state index in [1.807, 2.05) is 6.07 Å². The van der Waals surface area contributed by atoms with Crippen LogP contribution in [0.5, 0.6) is 17.2 Å². The highest BCUT2D eigenvalue weighted by Crippen LogP contribution is 2.38. The zero-order chi connectivity index (χ0) is 24.2. The fourth-order valence-electron chi connectivity index (χ4n) is 4.32. The molecule has 1 aromatic heterocycles. The van der Waals surface area contributed by atoms with Crippen molar-refractivity contribution in [3.05, 3.63) is 75.9 Å². The van der Waals surface area contributed by atoms with E-state index in [1.54, 1.807) is 30.3 Å². The van der Waals surface area contributed by atoms with Gasteiger partial charge in [0, 0.05) is 17.8 Å². The molecule has 0 unspecified atom stereocenters. The molecule has 0 atom stereocenters. The summed E-state index contributed by atoms with van der Waals surface area (Å²) in [5.74, 6) is 0.436. The third-order valence-electron chi connectivity index (χ3n) is 6.13. The molecule has 0 saturated carbocycles. The van der Waals surface area contributed by atoms with Crippen LogP contribution in [0.25, 0.3) is 22.3 Å². The van der Waals surface area contributed by atoms with Gasteiger partial charge < -0.3 is 24.3 Å². The first kappa shape index (κ1) is 21.5. The van der Waals surface area contributed by atoms with Gasteiger partial charge in [-0.15, -0.1) is 0 Å². The second-order valence-electron chi connectivity index (χ2n) is 8.35. The second kappa shape index (κ2) is 8.03. The zero-order valence-corrected chi connectivity index (χ0v) is 19.1. The van der Waals surface area contributed by atoms with Crippen LogP contribution in [0, 0.1) is 0 Å². The minimum absolute atomic E-state index is 0.0169. The van der Waals surface area contributed by atoms with Crippen LogP contribution >= 0.6 is 0 Å². The van der Waals surface area contributed by atoms with Gasteiger partial charge in [-0.1, -0.05) is 6.07 Å². The minimum atomic E-state index is -3.89. The highest BCUT2D eigenvalue weighted by molar-refractivity contribution is 7.92. The van der Waals surface area contributed by atoms with Gasteiger partial charge in [0.25, 0.3) is 10.0 Å². The summed E-state index contributed by atoms with van der Waals surface area (Å²) in [7, 11) is -3.89. The van der Waals surface area contributed by atoms with Crippen LogP contribution in [0.4, 0.5) is 5.69 Å². The summed E-state index contributed by atoms with van der Waals surface area (Å²) >= 11 is 0. The van der Waals surface area contributed by atoms with Crippen LogP contribution in [0.3, 0.4) is 0 Å². The van der Waals surface area contributed by atoms with E-state index in [-0.39, 0.29) is 34.1 Å². The van der Waals surface area contributed by atoms with E-state index >= 15 is 0 Å². The Morgan fingerprint density at radius 1 is 0.943 bits per heavy atom. The third-order valence-corrected chi connectivity index (χ3v) is 7.51. The molecule has 0 saturated heterocycles. The molecule has 0 fully saturated rings. The van der Waals surface area contributed by atoms with Gasteiger partial charge in [-0.05, 0) is 72.6 Å². The first-order chi connectivity index (χ1) is 16.9. The number of hydrogen-bond acceptors (Lipinski definition) is 8. The number of hydrogen-bond donors (Lipinski definition) is 3. The number of nitrogens with one attached hydrogen (secondary N) is 2. The highest BCUT2D eigenvalue weighted by Gasteiger charge is 2.21. The van der Waals surface area contributed by atoms with E-state index in [0.717, 1.165) is 24.1 Å². The monoisotopic (exact) mass is 492 g/mol. The van der Waals surface area contributed by atoms with Gasteiger partial charge in [0.1, 0.15) is 5.58 Å². The van der Waals surface area contributed by atoms with Crippen molar-refractivity contribution in [1.82, 2.24) is 5.32 Å². The molecule has 9 nitrogen and oxygen atoms in total. The van der Waals surface area contributed by atoms with Gasteiger partial charge in [-0.3, -0.25) is 9.52 Å². The Hall–Kier alpha value is -4.02. The van der Waals surface area contributed by atoms with Crippen molar-refractivity contribution in [1.29, 1.82) is 0 Å². The summed E-state index contributed by atoms with van der Waals surface area (Å²) in [5, 5.41) is 13.9. The van der Waals surface area contributed by atoms with Crippen LogP contribution < -0.4 is 24.9 Å². The average Bonchev–Trinajstić information content (AvgIpc) is 3.34. The number of ether oxygens (including phenoxy) is 2. The van der Waals surface area contributed by atoms with E-state index < -0.39 is 21.2 Å². The van der Waals surface area contributed by atoms with Crippen LogP contribution in [0.15, 0.2) is 68.7 Å². The fraction of sp³-hybridized carbons (Fsp3) is 0.160. The minimum Gasteiger partial charge on any atom is -0.502 e. The molecule has 0 spiro atoms. The number of sulfonamides is 1. The first-order valence-corrected chi connectivity index (χ1v) is 12.4. The number of aromatic hydroxyl groups is 1. The van der Waals surface area contributed by atoms with Crippen LogP contribution in [-0.4, -0.2) is 26.9 Å². The van der Waals surface area contributed by atoms with Crippen molar-refractivity contribution in [2.75, 3.05) is 18.1 Å². The quantitative estimate of drug-likeness (QED) is 0.396. The fourth-order valence-corrected chi connectivity index (χ4v) is 5.42. The number of benzene rings is 3. The lowest BCUT2D eigenvalue weighted by atomic mass is 10.0. The molecule has 10 heteroatoms. The molecule has 0 bridgehead atoms. The van der Waals surface area contributed by atoms with Gasteiger partial charge in [0.05, 0.1) is 10.3 Å². The normalized spacial score (nSPS) is 14.6. The lowest BCUT2D eigenvalue weighted by Crippen LogP contribution is -2.24. The largest absolute Gasteiger partial charge is 0.502 e. The standard InChI is InChI=1S/C25H20N2O7S/c28-23-19-11-17(27-35(30,31)18-4-1-14-7-8-26-12-16(14)9-18)3-6-20(19)34-25(24(23)29)15-2-5-21-22(10-15)33-13-32-21/h1-6,9-11,26-27,29H,7-8,12-13H2. The van der Waals surface area contributed by atoms with Crippen molar-refractivity contribution in [3.8, 4) is 28.6 Å².